The molecular weight excluding hydrogens is 276 g/mol. The van der Waals surface area contributed by atoms with E-state index in [1.807, 2.05) is 18.2 Å². The molecule has 0 aromatic heterocycles. The normalized spacial score (nSPS) is 25.5. The van der Waals surface area contributed by atoms with Crippen LogP contribution in [0, 0.1) is 11.8 Å². The second-order valence-electron chi connectivity index (χ2n) is 7.11. The van der Waals surface area contributed by atoms with Gasteiger partial charge in [-0.25, -0.2) is 4.79 Å². The Bertz CT molecular complexity index is 533. The lowest BCUT2D eigenvalue weighted by Crippen LogP contribution is -2.44. The zero-order valence-corrected chi connectivity index (χ0v) is 14.0. The molecule has 0 N–H and O–H groups in total. The number of hydrogen-bond donors (Lipinski definition) is 0. The number of hydrogen-bond acceptors (Lipinski definition) is 3. The highest BCUT2D eigenvalue weighted by Crippen LogP contribution is 2.43. The van der Waals surface area contributed by atoms with E-state index in [0.29, 0.717) is 5.92 Å². The second kappa shape index (κ2) is 6.64. The molecule has 1 aliphatic carbocycles. The Morgan fingerprint density at radius 3 is 2.36 bits per heavy atom. The van der Waals surface area contributed by atoms with Gasteiger partial charge in [-0.05, 0) is 29.7 Å². The van der Waals surface area contributed by atoms with Crippen LogP contribution in [0.4, 0.5) is 0 Å². The minimum Gasteiger partial charge on any atom is -0.456 e. The highest BCUT2D eigenvalue weighted by molar-refractivity contribution is 6.32. The van der Waals surface area contributed by atoms with E-state index in [1.165, 1.54) is 12.5 Å². The van der Waals surface area contributed by atoms with Gasteiger partial charge < -0.3 is 4.74 Å². The predicted octanol–water partition coefficient (Wildman–Crippen LogP) is 3.90. The fourth-order valence-electron chi connectivity index (χ4n) is 3.59. The molecule has 3 nitrogen and oxygen atoms in total. The van der Waals surface area contributed by atoms with Crippen LogP contribution in [0.15, 0.2) is 30.3 Å². The molecule has 0 radical (unpaired) electrons. The van der Waals surface area contributed by atoms with Gasteiger partial charge in [0.2, 0.25) is 5.78 Å². The summed E-state index contributed by atoms with van der Waals surface area (Å²) in [6.07, 6.45) is 2.80. The molecule has 1 aliphatic rings. The Labute approximate surface area is 133 Å². The molecule has 2 rings (SSSR count). The first-order valence-electron chi connectivity index (χ1n) is 8.09. The van der Waals surface area contributed by atoms with E-state index < -0.39 is 11.8 Å². The van der Waals surface area contributed by atoms with Crippen LogP contribution >= 0.6 is 0 Å². The molecule has 1 aromatic carbocycles. The SMILES string of the molecule is CC(=O)C(=O)OC1CC(C)CCC1C(C)(C)c1ccccc1. The van der Waals surface area contributed by atoms with Gasteiger partial charge in [0, 0.05) is 12.8 Å². The topological polar surface area (TPSA) is 43.4 Å². The van der Waals surface area contributed by atoms with Crippen molar-refractivity contribution >= 4 is 11.8 Å². The van der Waals surface area contributed by atoms with Gasteiger partial charge in [0.25, 0.3) is 0 Å². The molecule has 120 valence electrons. The van der Waals surface area contributed by atoms with Gasteiger partial charge in [-0.1, -0.05) is 57.5 Å². The molecule has 0 saturated heterocycles. The zero-order valence-electron chi connectivity index (χ0n) is 14.0. The Kier molecular flexibility index (Phi) is 5.05. The molecule has 0 heterocycles. The summed E-state index contributed by atoms with van der Waals surface area (Å²) in [5.74, 6) is -0.468. The lowest BCUT2D eigenvalue weighted by Gasteiger charge is -2.43. The number of carbonyl (C=O) groups excluding carboxylic acids is 2. The maximum absolute atomic E-state index is 11.8. The summed E-state index contributed by atoms with van der Waals surface area (Å²) in [6.45, 7) is 7.86. The summed E-state index contributed by atoms with van der Waals surface area (Å²) >= 11 is 0. The van der Waals surface area contributed by atoms with Crippen LogP contribution < -0.4 is 0 Å². The van der Waals surface area contributed by atoms with E-state index in [2.05, 4.69) is 32.9 Å². The van der Waals surface area contributed by atoms with Gasteiger partial charge >= 0.3 is 5.97 Å². The molecule has 1 saturated carbocycles. The van der Waals surface area contributed by atoms with Gasteiger partial charge in [-0.15, -0.1) is 0 Å². The van der Waals surface area contributed by atoms with Crippen LogP contribution in [0.25, 0.3) is 0 Å². The number of ketones is 1. The second-order valence-corrected chi connectivity index (χ2v) is 7.11. The smallest absolute Gasteiger partial charge is 0.374 e. The monoisotopic (exact) mass is 302 g/mol. The number of esters is 1. The van der Waals surface area contributed by atoms with Crippen molar-refractivity contribution in [1.82, 2.24) is 0 Å². The Hall–Kier alpha value is -1.64. The van der Waals surface area contributed by atoms with E-state index in [1.54, 1.807) is 0 Å². The van der Waals surface area contributed by atoms with Crippen molar-refractivity contribution in [2.24, 2.45) is 11.8 Å². The summed E-state index contributed by atoms with van der Waals surface area (Å²) in [5, 5.41) is 0. The number of carbonyl (C=O) groups is 2. The maximum atomic E-state index is 11.8. The number of Topliss-reactive ketones (excluding diaryl/α,β-unsaturated/α-hetero) is 1. The first kappa shape index (κ1) is 16.7. The number of benzene rings is 1. The highest BCUT2D eigenvalue weighted by atomic mass is 16.5. The summed E-state index contributed by atoms with van der Waals surface area (Å²) in [5.41, 5.74) is 1.15. The third kappa shape index (κ3) is 3.57. The number of rotatable bonds is 4. The van der Waals surface area contributed by atoms with E-state index in [-0.39, 0.29) is 17.4 Å². The predicted molar refractivity (Wildman–Crippen MR) is 86.5 cm³/mol. The first-order valence-corrected chi connectivity index (χ1v) is 8.09. The van der Waals surface area contributed by atoms with Crippen LogP contribution in [0.1, 0.15) is 52.5 Å². The maximum Gasteiger partial charge on any atom is 0.374 e. The molecule has 0 bridgehead atoms. The highest BCUT2D eigenvalue weighted by Gasteiger charge is 2.42. The average molecular weight is 302 g/mol. The number of ether oxygens (including phenoxy) is 1. The van der Waals surface area contributed by atoms with Gasteiger partial charge in [-0.3, -0.25) is 4.79 Å². The minimum atomic E-state index is -0.701. The van der Waals surface area contributed by atoms with Crippen LogP contribution in [0.5, 0.6) is 0 Å². The molecular formula is C19H26O3. The Morgan fingerprint density at radius 1 is 1.14 bits per heavy atom. The van der Waals surface area contributed by atoms with Crippen molar-refractivity contribution in [3.8, 4) is 0 Å². The van der Waals surface area contributed by atoms with Crippen molar-refractivity contribution in [1.29, 1.82) is 0 Å². The third-order valence-electron chi connectivity index (χ3n) is 5.04. The fourth-order valence-corrected chi connectivity index (χ4v) is 3.59. The van der Waals surface area contributed by atoms with Crippen LogP contribution in [-0.2, 0) is 19.7 Å². The Balaban J connectivity index is 2.25. The van der Waals surface area contributed by atoms with Crippen molar-refractivity contribution in [3.63, 3.8) is 0 Å². The van der Waals surface area contributed by atoms with E-state index in [0.717, 1.165) is 19.3 Å². The molecule has 3 heteroatoms. The minimum absolute atomic E-state index is 0.0941. The van der Waals surface area contributed by atoms with Crippen molar-refractivity contribution in [3.05, 3.63) is 35.9 Å². The molecule has 1 aromatic rings. The standard InChI is InChI=1S/C19H26O3/c1-13-10-11-16(17(12-13)22-18(21)14(2)20)19(3,4)15-8-6-5-7-9-15/h5-9,13,16-17H,10-12H2,1-4H3. The Morgan fingerprint density at radius 2 is 1.77 bits per heavy atom. The van der Waals surface area contributed by atoms with Gasteiger partial charge in [0.15, 0.2) is 0 Å². The van der Waals surface area contributed by atoms with Crippen molar-refractivity contribution in [2.75, 3.05) is 0 Å². The van der Waals surface area contributed by atoms with Crippen molar-refractivity contribution < 1.29 is 14.3 Å². The van der Waals surface area contributed by atoms with E-state index >= 15 is 0 Å². The quantitative estimate of drug-likeness (QED) is 0.626. The molecule has 3 unspecified atom stereocenters. The zero-order chi connectivity index (χ0) is 16.3. The summed E-state index contributed by atoms with van der Waals surface area (Å²) in [6, 6.07) is 10.3. The van der Waals surface area contributed by atoms with Crippen LogP contribution in [-0.4, -0.2) is 17.9 Å². The molecule has 0 amide bonds. The summed E-state index contributed by atoms with van der Waals surface area (Å²) < 4.78 is 5.56. The average Bonchev–Trinajstić information content (AvgIpc) is 2.47. The van der Waals surface area contributed by atoms with Crippen LogP contribution in [0.2, 0.25) is 0 Å². The van der Waals surface area contributed by atoms with Crippen molar-refractivity contribution in [2.45, 2.75) is 58.5 Å². The molecule has 0 spiro atoms. The van der Waals surface area contributed by atoms with Gasteiger partial charge in [-0.2, -0.15) is 0 Å². The first-order chi connectivity index (χ1) is 10.3. The molecule has 22 heavy (non-hydrogen) atoms. The summed E-state index contributed by atoms with van der Waals surface area (Å²) in [4.78, 5) is 23.0. The lowest BCUT2D eigenvalue weighted by molar-refractivity contribution is -0.162. The lowest BCUT2D eigenvalue weighted by atomic mass is 9.64. The third-order valence-corrected chi connectivity index (χ3v) is 5.04. The summed E-state index contributed by atoms with van der Waals surface area (Å²) in [7, 11) is 0. The van der Waals surface area contributed by atoms with Gasteiger partial charge in [0.1, 0.15) is 6.10 Å². The van der Waals surface area contributed by atoms with E-state index in [9.17, 15) is 9.59 Å². The van der Waals surface area contributed by atoms with E-state index in [4.69, 9.17) is 4.74 Å². The molecule has 3 atom stereocenters. The van der Waals surface area contributed by atoms with Gasteiger partial charge in [0.05, 0.1) is 0 Å². The molecule has 0 aliphatic heterocycles. The molecule has 1 fully saturated rings. The fraction of sp³-hybridized carbons (Fsp3) is 0.579. The largest absolute Gasteiger partial charge is 0.456 e. The van der Waals surface area contributed by atoms with Crippen LogP contribution in [0.3, 0.4) is 0 Å².